The normalized spacial score (nSPS) is 16.2. The molecule has 0 aliphatic heterocycles. The molecule has 0 aliphatic carbocycles. The van der Waals surface area contributed by atoms with Gasteiger partial charge in [-0.15, -0.1) is 0 Å². The molecule has 18 heavy (non-hydrogen) atoms. The van der Waals surface area contributed by atoms with E-state index in [1.807, 2.05) is 36.4 Å². The van der Waals surface area contributed by atoms with Gasteiger partial charge in [0.15, 0.2) is 0 Å². The second-order valence-corrected chi connectivity index (χ2v) is 4.71. The van der Waals surface area contributed by atoms with E-state index in [0.29, 0.717) is 13.0 Å². The molecule has 0 radical (unpaired) electrons. The molecule has 0 fully saturated rings. The van der Waals surface area contributed by atoms with Crippen molar-refractivity contribution in [3.05, 3.63) is 60.1 Å². The molecule has 1 aromatic heterocycles. The van der Waals surface area contributed by atoms with Crippen molar-refractivity contribution in [2.24, 2.45) is 5.73 Å². The number of rotatable bonds is 5. The Hall–Kier alpha value is -1.58. The van der Waals surface area contributed by atoms with Crippen LogP contribution in [0.3, 0.4) is 0 Å². The van der Waals surface area contributed by atoms with Crippen molar-refractivity contribution >= 4 is 0 Å². The highest BCUT2D eigenvalue weighted by atomic mass is 16.3. The molecule has 3 N–H and O–H groups in total. The Kier molecular flexibility index (Phi) is 3.84. The van der Waals surface area contributed by atoms with Crippen LogP contribution in [0.25, 0.3) is 0 Å². The first-order valence-corrected chi connectivity index (χ1v) is 6.14. The number of hydrogen-bond acceptors (Lipinski definition) is 3. The molecular weight excluding hydrogens is 226 g/mol. The molecule has 0 bridgehead atoms. The van der Waals surface area contributed by atoms with Crippen molar-refractivity contribution in [1.82, 2.24) is 0 Å². The summed E-state index contributed by atoms with van der Waals surface area (Å²) in [6.07, 6.45) is 3.49. The van der Waals surface area contributed by atoms with E-state index in [4.69, 9.17) is 10.2 Å². The summed E-state index contributed by atoms with van der Waals surface area (Å²) in [5.74, 6) is 0. The maximum atomic E-state index is 10.2. The molecule has 0 aliphatic rings. The number of benzene rings is 1. The summed E-state index contributed by atoms with van der Waals surface area (Å²) < 4.78 is 5.10. The topological polar surface area (TPSA) is 59.4 Å². The fraction of sp³-hybridized carbons (Fsp3) is 0.333. The Morgan fingerprint density at radius 2 is 2.00 bits per heavy atom. The molecule has 0 saturated heterocycles. The van der Waals surface area contributed by atoms with Crippen molar-refractivity contribution in [2.45, 2.75) is 24.9 Å². The summed E-state index contributed by atoms with van der Waals surface area (Å²) in [5.41, 5.74) is 7.61. The Bertz CT molecular complexity index is 465. The monoisotopic (exact) mass is 245 g/mol. The van der Waals surface area contributed by atoms with Gasteiger partial charge in [0.25, 0.3) is 0 Å². The minimum atomic E-state index is -0.528. The van der Waals surface area contributed by atoms with Gasteiger partial charge in [0.1, 0.15) is 0 Å². The zero-order valence-electron chi connectivity index (χ0n) is 10.5. The maximum Gasteiger partial charge on any atom is 0.0934 e. The van der Waals surface area contributed by atoms with Gasteiger partial charge in [0.2, 0.25) is 0 Å². The van der Waals surface area contributed by atoms with E-state index in [9.17, 15) is 5.11 Å². The third-order valence-electron chi connectivity index (χ3n) is 3.61. The smallest absolute Gasteiger partial charge is 0.0934 e. The molecule has 3 heteroatoms. The summed E-state index contributed by atoms with van der Waals surface area (Å²) >= 11 is 0. The number of aliphatic hydroxyl groups excluding tert-OH is 1. The number of furan rings is 1. The van der Waals surface area contributed by atoms with Crippen LogP contribution in [0.15, 0.2) is 53.3 Å². The average Bonchev–Trinajstić information content (AvgIpc) is 2.89. The van der Waals surface area contributed by atoms with Crippen LogP contribution in [0, 0.1) is 0 Å². The van der Waals surface area contributed by atoms with Crippen LogP contribution in [0.5, 0.6) is 0 Å². The molecule has 0 amide bonds. The predicted molar refractivity (Wildman–Crippen MR) is 71.3 cm³/mol. The van der Waals surface area contributed by atoms with Crippen LogP contribution in [-0.4, -0.2) is 17.8 Å². The standard InChI is InChI=1S/C15H19NO2/c1-12(17)15(11-16,9-13-7-8-18-10-13)14-5-3-2-4-6-14/h2-8,10,12,17H,9,11,16H2,1H3. The first kappa shape index (κ1) is 12.9. The summed E-state index contributed by atoms with van der Waals surface area (Å²) in [5, 5.41) is 10.2. The van der Waals surface area contributed by atoms with Crippen LogP contribution in [-0.2, 0) is 11.8 Å². The SMILES string of the molecule is CC(O)C(CN)(Cc1ccoc1)c1ccccc1. The highest BCUT2D eigenvalue weighted by molar-refractivity contribution is 5.30. The first-order chi connectivity index (χ1) is 8.69. The molecule has 1 heterocycles. The Balaban J connectivity index is 2.40. The lowest BCUT2D eigenvalue weighted by molar-refractivity contribution is 0.1000. The minimum Gasteiger partial charge on any atom is -0.472 e. The molecule has 0 saturated carbocycles. The van der Waals surface area contributed by atoms with Gasteiger partial charge in [0.05, 0.1) is 18.6 Å². The van der Waals surface area contributed by atoms with Crippen molar-refractivity contribution < 1.29 is 9.52 Å². The van der Waals surface area contributed by atoms with Gasteiger partial charge in [0, 0.05) is 12.0 Å². The summed E-state index contributed by atoms with van der Waals surface area (Å²) in [7, 11) is 0. The van der Waals surface area contributed by atoms with Crippen LogP contribution < -0.4 is 5.73 Å². The largest absolute Gasteiger partial charge is 0.472 e. The van der Waals surface area contributed by atoms with Crippen LogP contribution >= 0.6 is 0 Å². The zero-order chi connectivity index (χ0) is 13.0. The molecule has 96 valence electrons. The van der Waals surface area contributed by atoms with E-state index in [2.05, 4.69) is 0 Å². The maximum absolute atomic E-state index is 10.2. The van der Waals surface area contributed by atoms with Gasteiger partial charge in [-0.2, -0.15) is 0 Å². The molecule has 0 spiro atoms. The van der Waals surface area contributed by atoms with Crippen molar-refractivity contribution in [2.75, 3.05) is 6.54 Å². The van der Waals surface area contributed by atoms with Crippen molar-refractivity contribution in [3.63, 3.8) is 0 Å². The Morgan fingerprint density at radius 3 is 2.50 bits per heavy atom. The van der Waals surface area contributed by atoms with Gasteiger partial charge >= 0.3 is 0 Å². The fourth-order valence-electron chi connectivity index (χ4n) is 2.38. The summed E-state index contributed by atoms with van der Waals surface area (Å²) in [6, 6.07) is 11.8. The Labute approximate surface area is 107 Å². The molecule has 3 nitrogen and oxygen atoms in total. The molecule has 2 rings (SSSR count). The molecule has 2 unspecified atom stereocenters. The molecular formula is C15H19NO2. The van der Waals surface area contributed by atoms with Crippen molar-refractivity contribution in [1.29, 1.82) is 0 Å². The van der Waals surface area contributed by atoms with E-state index in [-0.39, 0.29) is 0 Å². The molecule has 1 aromatic carbocycles. The van der Waals surface area contributed by atoms with Gasteiger partial charge < -0.3 is 15.3 Å². The highest BCUT2D eigenvalue weighted by Gasteiger charge is 2.36. The number of nitrogens with two attached hydrogens (primary N) is 1. The van der Waals surface area contributed by atoms with Gasteiger partial charge in [-0.25, -0.2) is 0 Å². The van der Waals surface area contributed by atoms with Crippen LogP contribution in [0.1, 0.15) is 18.1 Å². The number of hydrogen-bond donors (Lipinski definition) is 2. The van der Waals surface area contributed by atoms with E-state index in [1.165, 1.54) is 0 Å². The second-order valence-electron chi connectivity index (χ2n) is 4.71. The number of aliphatic hydroxyl groups is 1. The van der Waals surface area contributed by atoms with Crippen molar-refractivity contribution in [3.8, 4) is 0 Å². The predicted octanol–water partition coefficient (Wildman–Crippen LogP) is 2.10. The second kappa shape index (κ2) is 5.38. The average molecular weight is 245 g/mol. The van der Waals surface area contributed by atoms with Gasteiger partial charge in [-0.3, -0.25) is 0 Å². The zero-order valence-corrected chi connectivity index (χ0v) is 10.5. The van der Waals surface area contributed by atoms with E-state index < -0.39 is 11.5 Å². The third-order valence-corrected chi connectivity index (χ3v) is 3.61. The fourth-order valence-corrected chi connectivity index (χ4v) is 2.38. The summed E-state index contributed by atoms with van der Waals surface area (Å²) in [4.78, 5) is 0. The van der Waals surface area contributed by atoms with E-state index in [0.717, 1.165) is 11.1 Å². The quantitative estimate of drug-likeness (QED) is 0.848. The van der Waals surface area contributed by atoms with E-state index >= 15 is 0 Å². The Morgan fingerprint density at radius 1 is 1.28 bits per heavy atom. The lowest BCUT2D eigenvalue weighted by Gasteiger charge is -2.36. The third kappa shape index (κ3) is 2.33. The van der Waals surface area contributed by atoms with Gasteiger partial charge in [-0.05, 0) is 30.5 Å². The lowest BCUT2D eigenvalue weighted by Crippen LogP contribution is -2.46. The van der Waals surface area contributed by atoms with Crippen LogP contribution in [0.4, 0.5) is 0 Å². The highest BCUT2D eigenvalue weighted by Crippen LogP contribution is 2.31. The van der Waals surface area contributed by atoms with Gasteiger partial charge in [-0.1, -0.05) is 30.3 Å². The van der Waals surface area contributed by atoms with Crippen LogP contribution in [0.2, 0.25) is 0 Å². The summed E-state index contributed by atoms with van der Waals surface area (Å²) in [6.45, 7) is 2.18. The molecule has 2 atom stereocenters. The molecule has 2 aromatic rings. The lowest BCUT2D eigenvalue weighted by atomic mass is 9.72. The first-order valence-electron chi connectivity index (χ1n) is 6.14. The minimum absolute atomic E-state index is 0.389. The van der Waals surface area contributed by atoms with E-state index in [1.54, 1.807) is 19.5 Å².